The van der Waals surface area contributed by atoms with Gasteiger partial charge in [-0.15, -0.1) is 11.6 Å². The van der Waals surface area contributed by atoms with E-state index >= 15 is 0 Å². The number of hydrogen-bond acceptors (Lipinski definition) is 1. The van der Waals surface area contributed by atoms with Gasteiger partial charge in [0.25, 0.3) is 0 Å². The summed E-state index contributed by atoms with van der Waals surface area (Å²) in [5.74, 6) is 1.26. The lowest BCUT2D eigenvalue weighted by molar-refractivity contribution is 0.970. The number of fused-ring (bicyclic) bond motifs is 1. The molecule has 3 rings (SSSR count). The number of hydrogen-bond donors (Lipinski definition) is 0. The molecule has 0 aliphatic heterocycles. The molecule has 0 unspecified atom stereocenters. The van der Waals surface area contributed by atoms with E-state index in [2.05, 4.69) is 57.5 Å². The van der Waals surface area contributed by atoms with Gasteiger partial charge in [0.05, 0.1) is 22.6 Å². The molecule has 0 aliphatic carbocycles. The van der Waals surface area contributed by atoms with Crippen LogP contribution in [0.2, 0.25) is 0 Å². The SMILES string of the molecule is Cc1ccc2nc(CCl)n(-c3cccc(Br)c3C)c2c1. The first kappa shape index (κ1) is 13.7. The van der Waals surface area contributed by atoms with Crippen molar-refractivity contribution < 1.29 is 0 Å². The van der Waals surface area contributed by atoms with Gasteiger partial charge in [0.2, 0.25) is 0 Å². The minimum atomic E-state index is 0.389. The fourth-order valence-electron chi connectivity index (χ4n) is 2.43. The quantitative estimate of drug-likeness (QED) is 0.585. The summed E-state index contributed by atoms with van der Waals surface area (Å²) in [6, 6.07) is 12.4. The molecule has 1 heterocycles. The lowest BCUT2D eigenvalue weighted by Crippen LogP contribution is -2.02. The van der Waals surface area contributed by atoms with E-state index in [4.69, 9.17) is 11.6 Å². The molecule has 0 fully saturated rings. The molecule has 3 aromatic rings. The summed E-state index contributed by atoms with van der Waals surface area (Å²) in [5, 5.41) is 0. The van der Waals surface area contributed by atoms with Crippen LogP contribution < -0.4 is 0 Å². The van der Waals surface area contributed by atoms with E-state index in [1.807, 2.05) is 18.2 Å². The molecule has 4 heteroatoms. The van der Waals surface area contributed by atoms with Gasteiger partial charge >= 0.3 is 0 Å². The summed E-state index contributed by atoms with van der Waals surface area (Å²) in [4.78, 5) is 4.64. The van der Waals surface area contributed by atoms with Gasteiger partial charge in [-0.05, 0) is 49.2 Å². The lowest BCUT2D eigenvalue weighted by Gasteiger charge is -2.12. The summed E-state index contributed by atoms with van der Waals surface area (Å²) >= 11 is 9.68. The van der Waals surface area contributed by atoms with Crippen LogP contribution in [0.3, 0.4) is 0 Å². The van der Waals surface area contributed by atoms with Gasteiger partial charge in [-0.3, -0.25) is 4.57 Å². The van der Waals surface area contributed by atoms with E-state index in [1.165, 1.54) is 11.1 Å². The molecule has 0 radical (unpaired) electrons. The molecule has 0 saturated carbocycles. The number of nitrogens with zero attached hydrogens (tertiary/aromatic N) is 2. The number of aryl methyl sites for hydroxylation is 1. The highest BCUT2D eigenvalue weighted by atomic mass is 79.9. The Morgan fingerprint density at radius 3 is 2.75 bits per heavy atom. The molecule has 0 atom stereocenters. The average molecular weight is 350 g/mol. The van der Waals surface area contributed by atoms with E-state index in [0.717, 1.165) is 27.0 Å². The second-order valence-corrected chi connectivity index (χ2v) is 5.99. The molecular weight excluding hydrogens is 336 g/mol. The highest BCUT2D eigenvalue weighted by Gasteiger charge is 2.14. The van der Waals surface area contributed by atoms with Crippen molar-refractivity contribution in [3.8, 4) is 5.69 Å². The Bertz CT molecular complexity index is 793. The second-order valence-electron chi connectivity index (χ2n) is 4.87. The van der Waals surface area contributed by atoms with Gasteiger partial charge in [0, 0.05) is 4.47 Å². The molecule has 20 heavy (non-hydrogen) atoms. The van der Waals surface area contributed by atoms with E-state index < -0.39 is 0 Å². The Morgan fingerprint density at radius 1 is 1.20 bits per heavy atom. The normalized spacial score (nSPS) is 11.2. The smallest absolute Gasteiger partial charge is 0.129 e. The Balaban J connectivity index is 2.39. The van der Waals surface area contributed by atoms with Gasteiger partial charge in [-0.2, -0.15) is 0 Å². The molecular formula is C16H14BrClN2. The third-order valence-corrected chi connectivity index (χ3v) is 4.58. The van der Waals surface area contributed by atoms with Crippen molar-refractivity contribution in [1.29, 1.82) is 0 Å². The zero-order chi connectivity index (χ0) is 14.3. The topological polar surface area (TPSA) is 17.8 Å². The van der Waals surface area contributed by atoms with Crippen molar-refractivity contribution in [3.05, 3.63) is 57.8 Å². The van der Waals surface area contributed by atoms with Crippen LogP contribution in [0.25, 0.3) is 16.7 Å². The Kier molecular flexibility index (Phi) is 3.57. The predicted molar refractivity (Wildman–Crippen MR) is 87.8 cm³/mol. The van der Waals surface area contributed by atoms with Crippen LogP contribution >= 0.6 is 27.5 Å². The van der Waals surface area contributed by atoms with E-state index in [-0.39, 0.29) is 0 Å². The highest BCUT2D eigenvalue weighted by molar-refractivity contribution is 9.10. The largest absolute Gasteiger partial charge is 0.295 e. The zero-order valence-corrected chi connectivity index (χ0v) is 13.7. The molecule has 2 nitrogen and oxygen atoms in total. The zero-order valence-electron chi connectivity index (χ0n) is 11.3. The molecule has 0 bridgehead atoms. The summed E-state index contributed by atoms with van der Waals surface area (Å²) < 4.78 is 3.24. The van der Waals surface area contributed by atoms with Crippen molar-refractivity contribution in [2.45, 2.75) is 19.7 Å². The standard InChI is InChI=1S/C16H14BrClN2/c1-10-6-7-13-15(8-10)20(16(9-18)19-13)14-5-3-4-12(17)11(14)2/h3-8H,9H2,1-2H3. The molecule has 1 aromatic heterocycles. The summed E-state index contributed by atoms with van der Waals surface area (Å²) in [5.41, 5.74) is 5.59. The molecule has 2 aromatic carbocycles. The first-order valence-electron chi connectivity index (χ1n) is 6.41. The van der Waals surface area contributed by atoms with Crippen molar-refractivity contribution >= 4 is 38.6 Å². The lowest BCUT2D eigenvalue weighted by atomic mass is 10.2. The molecule has 102 valence electrons. The maximum absolute atomic E-state index is 6.09. The fraction of sp³-hybridized carbons (Fsp3) is 0.188. The van der Waals surface area contributed by atoms with Crippen molar-refractivity contribution in [2.75, 3.05) is 0 Å². The summed E-state index contributed by atoms with van der Waals surface area (Å²) in [6.07, 6.45) is 0. The number of halogens is 2. The summed E-state index contributed by atoms with van der Waals surface area (Å²) in [6.45, 7) is 4.18. The van der Waals surface area contributed by atoms with Crippen LogP contribution in [0.1, 0.15) is 17.0 Å². The molecule has 0 spiro atoms. The first-order chi connectivity index (χ1) is 9.61. The minimum Gasteiger partial charge on any atom is -0.295 e. The Hall–Kier alpha value is -1.32. The number of aromatic nitrogens is 2. The maximum atomic E-state index is 6.09. The maximum Gasteiger partial charge on any atom is 0.129 e. The molecule has 0 N–H and O–H groups in total. The fourth-order valence-corrected chi connectivity index (χ4v) is 2.97. The highest BCUT2D eigenvalue weighted by Crippen LogP contribution is 2.28. The Morgan fingerprint density at radius 2 is 2.00 bits per heavy atom. The number of benzene rings is 2. The monoisotopic (exact) mass is 348 g/mol. The van der Waals surface area contributed by atoms with Gasteiger partial charge in [0.1, 0.15) is 5.82 Å². The number of rotatable bonds is 2. The van der Waals surface area contributed by atoms with E-state index in [0.29, 0.717) is 5.88 Å². The van der Waals surface area contributed by atoms with Crippen LogP contribution in [0.4, 0.5) is 0 Å². The van der Waals surface area contributed by atoms with Crippen LogP contribution in [-0.4, -0.2) is 9.55 Å². The van der Waals surface area contributed by atoms with Crippen molar-refractivity contribution in [1.82, 2.24) is 9.55 Å². The Labute approximate surface area is 131 Å². The minimum absolute atomic E-state index is 0.389. The van der Waals surface area contributed by atoms with Crippen LogP contribution in [0, 0.1) is 13.8 Å². The number of alkyl halides is 1. The summed E-state index contributed by atoms with van der Waals surface area (Å²) in [7, 11) is 0. The molecule has 0 saturated heterocycles. The van der Waals surface area contributed by atoms with Crippen LogP contribution in [0.5, 0.6) is 0 Å². The van der Waals surface area contributed by atoms with Gasteiger partial charge in [-0.1, -0.05) is 28.1 Å². The first-order valence-corrected chi connectivity index (χ1v) is 7.74. The molecule has 0 aliphatic rings. The third kappa shape index (κ3) is 2.15. The van der Waals surface area contributed by atoms with Crippen LogP contribution in [0.15, 0.2) is 40.9 Å². The van der Waals surface area contributed by atoms with Gasteiger partial charge in [-0.25, -0.2) is 4.98 Å². The van der Waals surface area contributed by atoms with E-state index in [1.54, 1.807) is 0 Å². The van der Waals surface area contributed by atoms with E-state index in [9.17, 15) is 0 Å². The molecule has 0 amide bonds. The van der Waals surface area contributed by atoms with Gasteiger partial charge in [0.15, 0.2) is 0 Å². The third-order valence-electron chi connectivity index (χ3n) is 3.48. The number of imidazole rings is 1. The van der Waals surface area contributed by atoms with Crippen molar-refractivity contribution in [3.63, 3.8) is 0 Å². The average Bonchev–Trinajstić information content (AvgIpc) is 2.79. The van der Waals surface area contributed by atoms with Crippen LogP contribution in [-0.2, 0) is 5.88 Å². The van der Waals surface area contributed by atoms with Gasteiger partial charge < -0.3 is 0 Å². The predicted octanol–water partition coefficient (Wildman–Crippen LogP) is 5.14. The van der Waals surface area contributed by atoms with Crippen molar-refractivity contribution in [2.24, 2.45) is 0 Å². The second kappa shape index (κ2) is 5.23.